The summed E-state index contributed by atoms with van der Waals surface area (Å²) in [4.78, 5) is 12.9. The highest BCUT2D eigenvalue weighted by molar-refractivity contribution is 5.79. The minimum atomic E-state index is -0.0156. The predicted octanol–water partition coefficient (Wildman–Crippen LogP) is 5.26. The second kappa shape index (κ2) is 10.4. The number of amides is 1. The molecular formula is C30H29N5O. The molecule has 0 fully saturated rings. The highest BCUT2D eigenvalue weighted by atomic mass is 16.1. The number of para-hydroxylation sites is 1. The molecule has 3 aromatic carbocycles. The van der Waals surface area contributed by atoms with E-state index < -0.39 is 0 Å². The summed E-state index contributed by atoms with van der Waals surface area (Å²) in [5.41, 5.74) is 8.35. The maximum absolute atomic E-state index is 12.9. The largest absolute Gasteiger partial charge is 0.352 e. The van der Waals surface area contributed by atoms with E-state index in [1.807, 2.05) is 77.9 Å². The van der Waals surface area contributed by atoms with Crippen LogP contribution >= 0.6 is 0 Å². The topological polar surface area (TPSA) is 64.7 Å². The zero-order valence-electron chi connectivity index (χ0n) is 20.6. The van der Waals surface area contributed by atoms with E-state index in [2.05, 4.69) is 51.9 Å². The van der Waals surface area contributed by atoms with Gasteiger partial charge in [-0.3, -0.25) is 9.48 Å². The summed E-state index contributed by atoms with van der Waals surface area (Å²) in [5.74, 6) is -0.0156. The van der Waals surface area contributed by atoms with Crippen molar-refractivity contribution in [1.29, 1.82) is 0 Å². The molecule has 0 saturated heterocycles. The zero-order valence-corrected chi connectivity index (χ0v) is 20.6. The number of carbonyl (C=O) groups is 1. The van der Waals surface area contributed by atoms with Gasteiger partial charge in [-0.25, -0.2) is 4.68 Å². The van der Waals surface area contributed by atoms with Gasteiger partial charge in [0.1, 0.15) is 0 Å². The van der Waals surface area contributed by atoms with Crippen molar-refractivity contribution in [3.8, 4) is 16.8 Å². The van der Waals surface area contributed by atoms with E-state index >= 15 is 0 Å². The monoisotopic (exact) mass is 475 g/mol. The lowest BCUT2D eigenvalue weighted by Crippen LogP contribution is -2.25. The molecule has 2 heterocycles. The van der Waals surface area contributed by atoms with Crippen LogP contribution in [-0.4, -0.2) is 25.5 Å². The van der Waals surface area contributed by atoms with Crippen molar-refractivity contribution >= 4 is 5.91 Å². The van der Waals surface area contributed by atoms with Crippen LogP contribution in [0, 0.1) is 13.8 Å². The Morgan fingerprint density at radius 2 is 1.64 bits per heavy atom. The highest BCUT2D eigenvalue weighted by Gasteiger charge is 2.16. The average molecular weight is 476 g/mol. The minimum Gasteiger partial charge on any atom is -0.352 e. The smallest absolute Gasteiger partial charge is 0.224 e. The van der Waals surface area contributed by atoms with Crippen LogP contribution in [0.4, 0.5) is 0 Å². The predicted molar refractivity (Wildman–Crippen MR) is 142 cm³/mol. The molecule has 2 aromatic heterocycles. The van der Waals surface area contributed by atoms with Crippen molar-refractivity contribution in [3.63, 3.8) is 0 Å². The van der Waals surface area contributed by atoms with Crippen LogP contribution in [0.5, 0.6) is 0 Å². The molecule has 0 bridgehead atoms. The molecule has 1 N–H and O–H groups in total. The third-order valence-corrected chi connectivity index (χ3v) is 6.44. The molecule has 6 heteroatoms. The molecule has 1 amide bonds. The first-order chi connectivity index (χ1) is 17.6. The van der Waals surface area contributed by atoms with Crippen molar-refractivity contribution in [1.82, 2.24) is 24.9 Å². The lowest BCUT2D eigenvalue weighted by molar-refractivity contribution is -0.120. The lowest BCUT2D eigenvalue weighted by Gasteiger charge is -2.12. The van der Waals surface area contributed by atoms with Crippen LogP contribution in [0.25, 0.3) is 16.8 Å². The number of nitrogens with zero attached hydrogens (tertiary/aromatic N) is 4. The second-order valence-electron chi connectivity index (χ2n) is 8.91. The summed E-state index contributed by atoms with van der Waals surface area (Å²) in [7, 11) is 0. The molecule has 5 rings (SSSR count). The maximum atomic E-state index is 12.9. The van der Waals surface area contributed by atoms with E-state index in [0.29, 0.717) is 13.0 Å². The minimum absolute atomic E-state index is 0.0156. The van der Waals surface area contributed by atoms with Crippen LogP contribution in [-0.2, 0) is 24.3 Å². The number of hydrogen-bond acceptors (Lipinski definition) is 3. The number of aromatic nitrogens is 4. The number of carbonyl (C=O) groups excluding carboxylic acids is 1. The van der Waals surface area contributed by atoms with Gasteiger partial charge in [-0.15, -0.1) is 0 Å². The van der Waals surface area contributed by atoms with Crippen molar-refractivity contribution in [3.05, 3.63) is 125 Å². The molecule has 36 heavy (non-hydrogen) atoms. The quantitative estimate of drug-likeness (QED) is 0.333. The number of aryl methyl sites for hydroxylation is 1. The van der Waals surface area contributed by atoms with Crippen LogP contribution < -0.4 is 5.32 Å². The van der Waals surface area contributed by atoms with Gasteiger partial charge in [0.15, 0.2) is 0 Å². The van der Waals surface area contributed by atoms with Gasteiger partial charge in [0.05, 0.1) is 24.3 Å². The molecular weight excluding hydrogens is 446 g/mol. The van der Waals surface area contributed by atoms with Crippen molar-refractivity contribution < 1.29 is 4.79 Å². The maximum Gasteiger partial charge on any atom is 0.224 e. The first-order valence-corrected chi connectivity index (χ1v) is 12.1. The Bertz CT molecular complexity index is 1450. The first kappa shape index (κ1) is 23.3. The molecule has 0 aliphatic rings. The van der Waals surface area contributed by atoms with E-state index in [1.165, 1.54) is 5.56 Å². The SMILES string of the molecule is Cc1nn(-c2ccccc2)c(C)c1CC(=O)NCc1ccccc1-c1ccc(Cn2cccn2)cc1. The Labute approximate surface area is 211 Å². The van der Waals surface area contributed by atoms with E-state index in [1.54, 1.807) is 6.20 Å². The first-order valence-electron chi connectivity index (χ1n) is 12.1. The number of nitrogens with one attached hydrogen (secondary N) is 1. The van der Waals surface area contributed by atoms with Crippen molar-refractivity contribution in [2.45, 2.75) is 33.4 Å². The third kappa shape index (κ3) is 5.13. The van der Waals surface area contributed by atoms with Gasteiger partial charge in [0, 0.05) is 30.2 Å². The van der Waals surface area contributed by atoms with Gasteiger partial charge >= 0.3 is 0 Å². The van der Waals surface area contributed by atoms with Gasteiger partial charge in [-0.1, -0.05) is 66.7 Å². The number of rotatable bonds is 8. The summed E-state index contributed by atoms with van der Waals surface area (Å²) in [6.07, 6.45) is 4.05. The molecule has 180 valence electrons. The fourth-order valence-corrected chi connectivity index (χ4v) is 4.50. The summed E-state index contributed by atoms with van der Waals surface area (Å²) in [6, 6.07) is 28.6. The molecule has 0 unspecified atom stereocenters. The Balaban J connectivity index is 1.26. The molecule has 0 spiro atoms. The summed E-state index contributed by atoms with van der Waals surface area (Å²) in [5, 5.41) is 12.1. The van der Waals surface area contributed by atoms with Gasteiger partial charge in [0.25, 0.3) is 0 Å². The summed E-state index contributed by atoms with van der Waals surface area (Å²) < 4.78 is 3.81. The highest BCUT2D eigenvalue weighted by Crippen LogP contribution is 2.25. The van der Waals surface area contributed by atoms with Gasteiger partial charge in [-0.2, -0.15) is 10.2 Å². The number of hydrogen-bond donors (Lipinski definition) is 1. The Morgan fingerprint density at radius 1 is 0.889 bits per heavy atom. The lowest BCUT2D eigenvalue weighted by atomic mass is 9.98. The Kier molecular flexibility index (Phi) is 6.76. The van der Waals surface area contributed by atoms with Crippen LogP contribution in [0.15, 0.2) is 97.3 Å². The molecule has 6 nitrogen and oxygen atoms in total. The second-order valence-corrected chi connectivity index (χ2v) is 8.91. The fraction of sp³-hybridized carbons (Fsp3) is 0.167. The van der Waals surface area contributed by atoms with E-state index in [4.69, 9.17) is 0 Å². The van der Waals surface area contributed by atoms with Gasteiger partial charge < -0.3 is 5.32 Å². The van der Waals surface area contributed by atoms with Gasteiger partial charge in [0.2, 0.25) is 5.91 Å². The molecule has 5 aromatic rings. The Hall–Kier alpha value is -4.45. The van der Waals surface area contributed by atoms with Crippen molar-refractivity contribution in [2.24, 2.45) is 0 Å². The standard InChI is InChI=1S/C30H29N5O/c1-22-29(23(2)35(33-22)27-10-4-3-5-11-27)19-30(36)31-20-26-9-6-7-12-28(26)25-15-13-24(14-16-25)21-34-18-8-17-32-34/h3-18H,19-21H2,1-2H3,(H,31,36). The summed E-state index contributed by atoms with van der Waals surface area (Å²) >= 11 is 0. The van der Waals surface area contributed by atoms with E-state index in [9.17, 15) is 4.79 Å². The molecule has 0 saturated carbocycles. The van der Waals surface area contributed by atoms with Crippen LogP contribution in [0.2, 0.25) is 0 Å². The van der Waals surface area contributed by atoms with Crippen LogP contribution in [0.1, 0.15) is 28.1 Å². The molecule has 0 radical (unpaired) electrons. The fourth-order valence-electron chi connectivity index (χ4n) is 4.50. The zero-order chi connectivity index (χ0) is 24.9. The van der Waals surface area contributed by atoms with Crippen LogP contribution in [0.3, 0.4) is 0 Å². The average Bonchev–Trinajstić information content (AvgIpc) is 3.52. The van der Waals surface area contributed by atoms with Crippen molar-refractivity contribution in [2.75, 3.05) is 0 Å². The summed E-state index contributed by atoms with van der Waals surface area (Å²) in [6.45, 7) is 5.18. The molecule has 0 aliphatic heterocycles. The van der Waals surface area contributed by atoms with E-state index in [-0.39, 0.29) is 5.91 Å². The normalized spacial score (nSPS) is 10.9. The molecule has 0 aliphatic carbocycles. The molecule has 0 atom stereocenters. The number of benzene rings is 3. The Morgan fingerprint density at radius 3 is 2.39 bits per heavy atom. The third-order valence-electron chi connectivity index (χ3n) is 6.44. The van der Waals surface area contributed by atoms with Gasteiger partial charge in [-0.05, 0) is 54.3 Å². The van der Waals surface area contributed by atoms with E-state index in [0.717, 1.165) is 45.9 Å².